The highest BCUT2D eigenvalue weighted by molar-refractivity contribution is 6.44. The molecule has 0 N–H and O–H groups in total. The number of hydrogen-bond acceptors (Lipinski definition) is 1. The third-order valence-corrected chi connectivity index (χ3v) is 3.07. The van der Waals surface area contributed by atoms with Gasteiger partial charge in [0.1, 0.15) is 10.8 Å². The predicted molar refractivity (Wildman–Crippen MR) is 71.0 cm³/mol. The summed E-state index contributed by atoms with van der Waals surface area (Å²) in [5.41, 5.74) is 0.231. The van der Waals surface area contributed by atoms with Crippen LogP contribution in [0.2, 0.25) is 15.1 Å². The second-order valence-corrected chi connectivity index (χ2v) is 6.08. The zero-order chi connectivity index (χ0) is 12.3. The Morgan fingerprint density at radius 3 is 2.31 bits per heavy atom. The highest BCUT2D eigenvalue weighted by atomic mass is 35.5. The van der Waals surface area contributed by atoms with Gasteiger partial charge < -0.3 is 4.74 Å². The third kappa shape index (κ3) is 4.40. The Labute approximate surface area is 112 Å². The first-order valence-corrected chi connectivity index (χ1v) is 6.20. The molecule has 0 amide bonds. The van der Waals surface area contributed by atoms with Crippen LogP contribution < -0.4 is 4.74 Å². The van der Waals surface area contributed by atoms with Gasteiger partial charge in [-0.25, -0.2) is 0 Å². The molecule has 0 aliphatic heterocycles. The van der Waals surface area contributed by atoms with Gasteiger partial charge in [-0.15, -0.1) is 0 Å². The molecule has 0 spiro atoms. The van der Waals surface area contributed by atoms with E-state index in [0.29, 0.717) is 27.4 Å². The monoisotopic (exact) mass is 280 g/mol. The molecule has 90 valence electrons. The van der Waals surface area contributed by atoms with Crippen LogP contribution in [0.1, 0.15) is 27.2 Å². The van der Waals surface area contributed by atoms with Crippen molar-refractivity contribution in [1.82, 2.24) is 0 Å². The molecule has 0 heterocycles. The molecule has 16 heavy (non-hydrogen) atoms. The Morgan fingerprint density at radius 2 is 1.75 bits per heavy atom. The lowest BCUT2D eigenvalue weighted by atomic mass is 9.93. The van der Waals surface area contributed by atoms with E-state index < -0.39 is 0 Å². The maximum atomic E-state index is 6.00. The van der Waals surface area contributed by atoms with Crippen LogP contribution in [0.3, 0.4) is 0 Å². The van der Waals surface area contributed by atoms with Crippen LogP contribution in [0, 0.1) is 5.41 Å². The van der Waals surface area contributed by atoms with E-state index in [1.165, 1.54) is 0 Å². The fourth-order valence-electron chi connectivity index (χ4n) is 1.10. The lowest BCUT2D eigenvalue weighted by Crippen LogP contribution is -2.11. The summed E-state index contributed by atoms with van der Waals surface area (Å²) in [5.74, 6) is 0.545. The van der Waals surface area contributed by atoms with Gasteiger partial charge in [-0.05, 0) is 17.9 Å². The molecule has 0 aromatic heterocycles. The van der Waals surface area contributed by atoms with Gasteiger partial charge in [-0.3, -0.25) is 0 Å². The minimum atomic E-state index is 0.231. The summed E-state index contributed by atoms with van der Waals surface area (Å²) in [6.45, 7) is 7.06. The van der Waals surface area contributed by atoms with Gasteiger partial charge in [-0.1, -0.05) is 55.6 Å². The van der Waals surface area contributed by atoms with E-state index in [0.717, 1.165) is 6.42 Å². The summed E-state index contributed by atoms with van der Waals surface area (Å²) in [4.78, 5) is 0. The Bertz CT molecular complexity index is 369. The van der Waals surface area contributed by atoms with E-state index in [1.54, 1.807) is 12.1 Å². The molecule has 0 bridgehead atoms. The average molecular weight is 282 g/mol. The second kappa shape index (κ2) is 5.48. The van der Waals surface area contributed by atoms with Crippen LogP contribution in [0.5, 0.6) is 5.75 Å². The molecule has 0 saturated heterocycles. The quantitative estimate of drug-likeness (QED) is 0.668. The molecule has 1 rings (SSSR count). The lowest BCUT2D eigenvalue weighted by Gasteiger charge is -2.18. The molecule has 0 radical (unpaired) electrons. The Morgan fingerprint density at radius 1 is 1.12 bits per heavy atom. The molecule has 4 heteroatoms. The minimum Gasteiger partial charge on any atom is -0.492 e. The molecule has 0 fully saturated rings. The van der Waals surface area contributed by atoms with Gasteiger partial charge in [0.25, 0.3) is 0 Å². The van der Waals surface area contributed by atoms with Crippen molar-refractivity contribution in [3.05, 3.63) is 27.2 Å². The smallest absolute Gasteiger partial charge is 0.140 e. The van der Waals surface area contributed by atoms with Crippen molar-refractivity contribution in [3.8, 4) is 5.75 Å². The molecule has 1 aromatic carbocycles. The first-order valence-electron chi connectivity index (χ1n) is 5.07. The van der Waals surface area contributed by atoms with Gasteiger partial charge in [0, 0.05) is 11.1 Å². The predicted octanol–water partition coefficient (Wildman–Crippen LogP) is 5.46. The van der Waals surface area contributed by atoms with Crippen LogP contribution in [-0.4, -0.2) is 6.61 Å². The largest absolute Gasteiger partial charge is 0.492 e. The van der Waals surface area contributed by atoms with Crippen LogP contribution >= 0.6 is 34.8 Å². The first kappa shape index (κ1) is 14.0. The molecule has 0 aliphatic rings. The zero-order valence-electron chi connectivity index (χ0n) is 9.61. The Kier molecular flexibility index (Phi) is 4.78. The van der Waals surface area contributed by atoms with Crippen LogP contribution in [-0.2, 0) is 0 Å². The molecule has 0 aliphatic carbocycles. The van der Waals surface area contributed by atoms with E-state index in [2.05, 4.69) is 20.8 Å². The maximum absolute atomic E-state index is 6.00. The number of benzene rings is 1. The molecule has 0 atom stereocenters. The summed E-state index contributed by atoms with van der Waals surface area (Å²) in [6.07, 6.45) is 0.938. The summed E-state index contributed by atoms with van der Waals surface area (Å²) in [6, 6.07) is 3.28. The second-order valence-electron chi connectivity index (χ2n) is 4.86. The van der Waals surface area contributed by atoms with E-state index >= 15 is 0 Å². The van der Waals surface area contributed by atoms with Crippen molar-refractivity contribution >= 4 is 34.8 Å². The van der Waals surface area contributed by atoms with Gasteiger partial charge in [0.05, 0.1) is 11.6 Å². The normalized spacial score (nSPS) is 11.6. The third-order valence-electron chi connectivity index (χ3n) is 2.07. The zero-order valence-corrected chi connectivity index (χ0v) is 11.9. The highest BCUT2D eigenvalue weighted by Gasteiger charge is 2.12. The van der Waals surface area contributed by atoms with Crippen LogP contribution in [0.15, 0.2) is 12.1 Å². The number of rotatable bonds is 3. The molecule has 1 aromatic rings. The van der Waals surface area contributed by atoms with E-state index in [1.807, 2.05) is 0 Å². The van der Waals surface area contributed by atoms with Crippen molar-refractivity contribution in [2.45, 2.75) is 27.2 Å². The summed E-state index contributed by atoms with van der Waals surface area (Å²) < 4.78 is 5.57. The topological polar surface area (TPSA) is 9.23 Å². The number of halogens is 3. The van der Waals surface area contributed by atoms with Crippen molar-refractivity contribution < 1.29 is 4.74 Å². The maximum Gasteiger partial charge on any atom is 0.140 e. The number of ether oxygens (including phenoxy) is 1. The standard InChI is InChI=1S/C12H15Cl3O/c1-12(2,3)4-5-16-10-7-8(13)6-9(14)11(10)15/h6-7H,4-5H2,1-3H3. The summed E-state index contributed by atoms with van der Waals surface area (Å²) in [7, 11) is 0. The van der Waals surface area contributed by atoms with Gasteiger partial charge in [-0.2, -0.15) is 0 Å². The molecule has 1 nitrogen and oxygen atoms in total. The van der Waals surface area contributed by atoms with Crippen molar-refractivity contribution in [2.24, 2.45) is 5.41 Å². The summed E-state index contributed by atoms with van der Waals surface area (Å²) >= 11 is 17.8. The average Bonchev–Trinajstić information content (AvgIpc) is 2.11. The van der Waals surface area contributed by atoms with Gasteiger partial charge in [0.15, 0.2) is 0 Å². The minimum absolute atomic E-state index is 0.231. The fourth-order valence-corrected chi connectivity index (χ4v) is 1.74. The molecule has 0 saturated carbocycles. The van der Waals surface area contributed by atoms with Crippen LogP contribution in [0.4, 0.5) is 0 Å². The van der Waals surface area contributed by atoms with E-state index in [-0.39, 0.29) is 5.41 Å². The first-order chi connectivity index (χ1) is 7.29. The van der Waals surface area contributed by atoms with E-state index in [4.69, 9.17) is 39.5 Å². The SMILES string of the molecule is CC(C)(C)CCOc1cc(Cl)cc(Cl)c1Cl. The number of hydrogen-bond donors (Lipinski definition) is 0. The lowest BCUT2D eigenvalue weighted by molar-refractivity contribution is 0.243. The van der Waals surface area contributed by atoms with E-state index in [9.17, 15) is 0 Å². The molecular weight excluding hydrogens is 266 g/mol. The van der Waals surface area contributed by atoms with Crippen molar-refractivity contribution in [1.29, 1.82) is 0 Å². The van der Waals surface area contributed by atoms with Crippen molar-refractivity contribution in [3.63, 3.8) is 0 Å². The highest BCUT2D eigenvalue weighted by Crippen LogP contribution is 2.35. The molecular formula is C12H15Cl3O. The Hall–Kier alpha value is -0.110. The van der Waals surface area contributed by atoms with Crippen molar-refractivity contribution in [2.75, 3.05) is 6.61 Å². The van der Waals surface area contributed by atoms with Gasteiger partial charge >= 0.3 is 0 Å². The Balaban J connectivity index is 2.67. The van der Waals surface area contributed by atoms with Gasteiger partial charge in [0.2, 0.25) is 0 Å². The molecule has 0 unspecified atom stereocenters. The summed E-state index contributed by atoms with van der Waals surface area (Å²) in [5, 5.41) is 1.36. The van der Waals surface area contributed by atoms with Crippen LogP contribution in [0.25, 0.3) is 0 Å². The fraction of sp³-hybridized carbons (Fsp3) is 0.500.